The number of nitrogens with one attached hydrogen (secondary N) is 3. The molecule has 0 heterocycles. The van der Waals surface area contributed by atoms with E-state index in [0.29, 0.717) is 28.7 Å². The molecule has 0 radical (unpaired) electrons. The van der Waals surface area contributed by atoms with Gasteiger partial charge in [-0.3, -0.25) is 10.9 Å². The number of benzene rings is 2. The maximum atomic E-state index is 11.6. The zero-order valence-electron chi connectivity index (χ0n) is 13.4. The van der Waals surface area contributed by atoms with Gasteiger partial charge >= 0.3 is 11.9 Å². The first-order valence-electron chi connectivity index (χ1n) is 7.43. The first-order valence-corrected chi connectivity index (χ1v) is 7.84. The van der Waals surface area contributed by atoms with Gasteiger partial charge in [-0.1, -0.05) is 0 Å². The van der Waals surface area contributed by atoms with E-state index in [1.807, 2.05) is 0 Å². The van der Waals surface area contributed by atoms with Crippen molar-refractivity contribution >= 4 is 40.6 Å². The quantitative estimate of drug-likeness (QED) is 0.355. The lowest BCUT2D eigenvalue weighted by Crippen LogP contribution is -2.33. The molecule has 2 aromatic carbocycles. The predicted octanol–water partition coefficient (Wildman–Crippen LogP) is 2.88. The number of thiocarbonyl (C=S) groups is 1. The van der Waals surface area contributed by atoms with Gasteiger partial charge in [-0.2, -0.15) is 0 Å². The van der Waals surface area contributed by atoms with Gasteiger partial charge in [0.05, 0.1) is 23.4 Å². The number of hydrogen-bond acceptors (Lipinski definition) is 5. The summed E-state index contributed by atoms with van der Waals surface area (Å²) in [6, 6.07) is 12.9. The second-order valence-corrected chi connectivity index (χ2v) is 5.29. The van der Waals surface area contributed by atoms with Crippen molar-refractivity contribution in [3.8, 4) is 0 Å². The van der Waals surface area contributed by atoms with Gasteiger partial charge in [-0.05, 0) is 67.7 Å². The molecule has 0 aliphatic rings. The molecule has 0 unspecified atom stereocenters. The molecule has 2 aromatic rings. The number of carboxylic acid groups (broad SMARTS) is 1. The van der Waals surface area contributed by atoms with Gasteiger partial charge in [0.2, 0.25) is 0 Å². The second-order valence-electron chi connectivity index (χ2n) is 4.88. The Bertz CT molecular complexity index is 760. The largest absolute Gasteiger partial charge is 0.478 e. The lowest BCUT2D eigenvalue weighted by molar-refractivity contribution is 0.0526. The summed E-state index contributed by atoms with van der Waals surface area (Å²) >= 11 is 5.16. The molecule has 0 bridgehead atoms. The third kappa shape index (κ3) is 5.47. The lowest BCUT2D eigenvalue weighted by Gasteiger charge is -2.13. The zero-order valence-corrected chi connectivity index (χ0v) is 14.2. The smallest absolute Gasteiger partial charge is 0.338 e. The lowest BCUT2D eigenvalue weighted by atomic mass is 10.2. The van der Waals surface area contributed by atoms with Gasteiger partial charge in [0, 0.05) is 5.69 Å². The van der Waals surface area contributed by atoms with Crippen molar-refractivity contribution in [2.45, 2.75) is 6.92 Å². The number of aromatic carboxylic acids is 1. The van der Waals surface area contributed by atoms with Crippen molar-refractivity contribution in [1.29, 1.82) is 0 Å². The van der Waals surface area contributed by atoms with Crippen LogP contribution in [0.25, 0.3) is 0 Å². The summed E-state index contributed by atoms with van der Waals surface area (Å²) in [5.41, 5.74) is 7.67. The molecule has 0 atom stereocenters. The molecule has 0 spiro atoms. The van der Waals surface area contributed by atoms with E-state index >= 15 is 0 Å². The molecule has 25 heavy (non-hydrogen) atoms. The number of carbonyl (C=O) groups excluding carboxylic acids is 1. The summed E-state index contributed by atoms with van der Waals surface area (Å²) < 4.78 is 4.92. The molecule has 2 rings (SSSR count). The molecule has 0 amide bonds. The Morgan fingerprint density at radius 3 is 2.12 bits per heavy atom. The number of hydrazine groups is 1. The molecule has 130 valence electrons. The minimum absolute atomic E-state index is 0.202. The van der Waals surface area contributed by atoms with Crippen LogP contribution >= 0.6 is 12.2 Å². The standard InChI is InChI=1S/C17H17N3O4S/c1-2-24-16(23)12-5-7-13(8-6-12)18-17(25)20-19-14-9-3-11(4-10-14)15(21)22/h3-10,19H,2H2,1H3,(H,21,22)(H2,18,20,25). The number of esters is 1. The van der Waals surface area contributed by atoms with Crippen LogP contribution in [0, 0.1) is 0 Å². The Labute approximate surface area is 150 Å². The van der Waals surface area contributed by atoms with Gasteiger partial charge in [-0.15, -0.1) is 0 Å². The van der Waals surface area contributed by atoms with E-state index in [0.717, 1.165) is 0 Å². The second kappa shape index (κ2) is 8.65. The molecule has 0 saturated heterocycles. The Hall–Kier alpha value is -3.13. The highest BCUT2D eigenvalue weighted by Crippen LogP contribution is 2.11. The van der Waals surface area contributed by atoms with Crippen LogP contribution < -0.4 is 16.2 Å². The third-order valence-corrected chi connectivity index (χ3v) is 3.31. The summed E-state index contributed by atoms with van der Waals surface area (Å²) in [4.78, 5) is 22.4. The van der Waals surface area contributed by atoms with E-state index in [-0.39, 0.29) is 11.5 Å². The minimum Gasteiger partial charge on any atom is -0.478 e. The van der Waals surface area contributed by atoms with Crippen LogP contribution in [0.5, 0.6) is 0 Å². The van der Waals surface area contributed by atoms with Crippen LogP contribution in [-0.2, 0) is 4.74 Å². The molecule has 8 heteroatoms. The molecule has 0 aromatic heterocycles. The van der Waals surface area contributed by atoms with E-state index in [9.17, 15) is 9.59 Å². The highest BCUT2D eigenvalue weighted by molar-refractivity contribution is 7.80. The van der Waals surface area contributed by atoms with Gasteiger partial charge in [-0.25, -0.2) is 9.59 Å². The summed E-state index contributed by atoms with van der Waals surface area (Å²) in [5, 5.41) is 12.1. The third-order valence-electron chi connectivity index (χ3n) is 3.11. The van der Waals surface area contributed by atoms with Crippen molar-refractivity contribution in [3.05, 3.63) is 59.7 Å². The molecule has 0 aliphatic heterocycles. The van der Waals surface area contributed by atoms with Crippen LogP contribution in [0.1, 0.15) is 27.6 Å². The van der Waals surface area contributed by atoms with E-state index in [1.165, 1.54) is 12.1 Å². The maximum Gasteiger partial charge on any atom is 0.338 e. The van der Waals surface area contributed by atoms with E-state index in [4.69, 9.17) is 22.1 Å². The molecular formula is C17H17N3O4S. The summed E-state index contributed by atoms with van der Waals surface area (Å²) in [6.07, 6.45) is 0. The number of rotatable bonds is 6. The van der Waals surface area contributed by atoms with Gasteiger partial charge in [0.15, 0.2) is 5.11 Å². The average molecular weight is 359 g/mol. The highest BCUT2D eigenvalue weighted by Gasteiger charge is 2.06. The average Bonchev–Trinajstić information content (AvgIpc) is 2.61. The van der Waals surface area contributed by atoms with Crippen molar-refractivity contribution in [1.82, 2.24) is 5.43 Å². The SMILES string of the molecule is CCOC(=O)c1ccc(NC(=S)NNc2ccc(C(=O)O)cc2)cc1. The van der Waals surface area contributed by atoms with Crippen LogP contribution in [0.2, 0.25) is 0 Å². The Morgan fingerprint density at radius 1 is 1.00 bits per heavy atom. The molecule has 7 nitrogen and oxygen atoms in total. The molecule has 0 saturated carbocycles. The van der Waals surface area contributed by atoms with Gasteiger partial charge in [0.25, 0.3) is 0 Å². The number of carbonyl (C=O) groups is 2. The Balaban J connectivity index is 1.85. The van der Waals surface area contributed by atoms with Gasteiger partial charge < -0.3 is 15.2 Å². The van der Waals surface area contributed by atoms with Crippen molar-refractivity contribution in [2.75, 3.05) is 17.3 Å². The topological polar surface area (TPSA) is 99.7 Å². The normalized spacial score (nSPS) is 9.80. The van der Waals surface area contributed by atoms with Crippen LogP contribution in [0.4, 0.5) is 11.4 Å². The van der Waals surface area contributed by atoms with Gasteiger partial charge in [0.1, 0.15) is 0 Å². The number of anilines is 2. The summed E-state index contributed by atoms with van der Waals surface area (Å²) in [7, 11) is 0. The molecule has 0 aliphatic carbocycles. The van der Waals surface area contributed by atoms with E-state index in [1.54, 1.807) is 43.3 Å². The monoisotopic (exact) mass is 359 g/mol. The Morgan fingerprint density at radius 2 is 1.56 bits per heavy atom. The van der Waals surface area contributed by atoms with Crippen molar-refractivity contribution in [3.63, 3.8) is 0 Å². The van der Waals surface area contributed by atoms with Crippen LogP contribution in [0.15, 0.2) is 48.5 Å². The van der Waals surface area contributed by atoms with Crippen LogP contribution in [-0.4, -0.2) is 28.8 Å². The van der Waals surface area contributed by atoms with E-state index < -0.39 is 5.97 Å². The fourth-order valence-corrected chi connectivity index (χ4v) is 2.06. The molecule has 0 fully saturated rings. The molecule has 4 N–H and O–H groups in total. The summed E-state index contributed by atoms with van der Waals surface area (Å²) in [6.45, 7) is 2.08. The van der Waals surface area contributed by atoms with Crippen molar-refractivity contribution in [2.24, 2.45) is 0 Å². The highest BCUT2D eigenvalue weighted by atomic mass is 32.1. The van der Waals surface area contributed by atoms with Crippen molar-refractivity contribution < 1.29 is 19.4 Å². The van der Waals surface area contributed by atoms with E-state index in [2.05, 4.69) is 16.2 Å². The van der Waals surface area contributed by atoms with Crippen LogP contribution in [0.3, 0.4) is 0 Å². The first kappa shape index (κ1) is 18.2. The zero-order chi connectivity index (χ0) is 18.2. The maximum absolute atomic E-state index is 11.6. The summed E-state index contributed by atoms with van der Waals surface area (Å²) in [5.74, 6) is -1.36. The predicted molar refractivity (Wildman–Crippen MR) is 98.8 cm³/mol. The minimum atomic E-state index is -0.983. The fourth-order valence-electron chi connectivity index (χ4n) is 1.89. The molecular weight excluding hydrogens is 342 g/mol. The first-order chi connectivity index (χ1) is 12.0. The number of ether oxygens (including phenoxy) is 1. The number of carboxylic acids is 1. The fraction of sp³-hybridized carbons (Fsp3) is 0.118. The number of hydrogen-bond donors (Lipinski definition) is 4. The Kier molecular flexibility index (Phi) is 6.30.